The van der Waals surface area contributed by atoms with Crippen molar-refractivity contribution in [2.24, 2.45) is 0 Å². The van der Waals surface area contributed by atoms with Crippen molar-refractivity contribution >= 4 is 21.9 Å². The molecule has 1 aromatic carbocycles. The van der Waals surface area contributed by atoms with E-state index in [-0.39, 0.29) is 5.56 Å². The molecule has 0 aromatic heterocycles. The summed E-state index contributed by atoms with van der Waals surface area (Å²) in [6.45, 7) is 0. The highest BCUT2D eigenvalue weighted by atomic mass is 79.9. The van der Waals surface area contributed by atoms with E-state index in [2.05, 4.69) is 15.9 Å². The van der Waals surface area contributed by atoms with Gasteiger partial charge in [-0.25, -0.2) is 9.18 Å². The first-order valence-corrected chi connectivity index (χ1v) is 4.67. The summed E-state index contributed by atoms with van der Waals surface area (Å²) in [5.74, 6) is -7.07. The lowest BCUT2D eigenvalue weighted by Gasteiger charge is -2.11. The number of aliphatic carboxylic acids is 1. The Kier molecular flexibility index (Phi) is 3.38. The Morgan fingerprint density at radius 1 is 1.47 bits per heavy atom. The molecule has 0 radical (unpaired) electrons. The highest BCUT2D eigenvalue weighted by Crippen LogP contribution is 2.24. The van der Waals surface area contributed by atoms with Crippen molar-refractivity contribution in [3.05, 3.63) is 34.1 Å². The van der Waals surface area contributed by atoms with Gasteiger partial charge in [-0.3, -0.25) is 0 Å². The molecule has 1 aromatic rings. The number of alkyl halides is 2. The van der Waals surface area contributed by atoms with Crippen LogP contribution in [0, 0.1) is 5.82 Å². The van der Waals surface area contributed by atoms with Crippen molar-refractivity contribution in [1.29, 1.82) is 0 Å². The molecule has 2 nitrogen and oxygen atoms in total. The molecule has 1 rings (SSSR count). The third-order valence-electron chi connectivity index (χ3n) is 1.73. The van der Waals surface area contributed by atoms with E-state index < -0.39 is 24.1 Å². The molecular formula is C9H6BrF3O2. The molecule has 0 saturated carbocycles. The summed E-state index contributed by atoms with van der Waals surface area (Å²) in [5, 5.41) is 8.18. The van der Waals surface area contributed by atoms with E-state index in [9.17, 15) is 18.0 Å². The fourth-order valence-electron chi connectivity index (χ4n) is 0.994. The van der Waals surface area contributed by atoms with Crippen LogP contribution in [0.25, 0.3) is 0 Å². The third-order valence-corrected chi connectivity index (χ3v) is 2.23. The summed E-state index contributed by atoms with van der Waals surface area (Å²) < 4.78 is 39.0. The van der Waals surface area contributed by atoms with Gasteiger partial charge in [0.25, 0.3) is 0 Å². The van der Waals surface area contributed by atoms with Gasteiger partial charge in [0, 0.05) is 4.47 Å². The third kappa shape index (κ3) is 2.95. The smallest absolute Gasteiger partial charge is 0.374 e. The maximum Gasteiger partial charge on any atom is 0.374 e. The van der Waals surface area contributed by atoms with E-state index in [1.54, 1.807) is 0 Å². The standard InChI is InChI=1S/C9H6BrF3O2/c10-6-1-2-7(11)5(3-6)4-9(12,13)8(14)15/h1-3H,4H2,(H,14,15). The predicted octanol–water partition coefficient (Wildman–Crippen LogP) is 2.85. The zero-order chi connectivity index (χ0) is 11.6. The molecule has 0 spiro atoms. The van der Waals surface area contributed by atoms with Gasteiger partial charge in [-0.05, 0) is 23.8 Å². The lowest BCUT2D eigenvalue weighted by molar-refractivity contribution is -0.164. The number of hydrogen-bond acceptors (Lipinski definition) is 1. The fourth-order valence-corrected chi connectivity index (χ4v) is 1.40. The summed E-state index contributed by atoms with van der Waals surface area (Å²) >= 11 is 2.98. The lowest BCUT2D eigenvalue weighted by Crippen LogP contribution is -2.31. The second-order valence-electron chi connectivity index (χ2n) is 2.92. The summed E-state index contributed by atoms with van der Waals surface area (Å²) in [7, 11) is 0. The van der Waals surface area contributed by atoms with Gasteiger partial charge < -0.3 is 5.11 Å². The highest BCUT2D eigenvalue weighted by Gasteiger charge is 2.39. The SMILES string of the molecule is O=C(O)C(F)(F)Cc1cc(Br)ccc1F. The first kappa shape index (κ1) is 12.0. The second-order valence-corrected chi connectivity index (χ2v) is 3.84. The quantitative estimate of drug-likeness (QED) is 0.926. The zero-order valence-electron chi connectivity index (χ0n) is 7.31. The van der Waals surface area contributed by atoms with Gasteiger partial charge in [-0.15, -0.1) is 0 Å². The molecule has 82 valence electrons. The number of carbonyl (C=O) groups is 1. The topological polar surface area (TPSA) is 37.3 Å². The minimum absolute atomic E-state index is 0.336. The van der Waals surface area contributed by atoms with Gasteiger partial charge in [0.05, 0.1) is 6.42 Å². The number of hydrogen-bond donors (Lipinski definition) is 1. The monoisotopic (exact) mass is 282 g/mol. The summed E-state index contributed by atoms with van der Waals surface area (Å²) in [6.07, 6.45) is -1.16. The molecule has 0 amide bonds. The summed E-state index contributed by atoms with van der Waals surface area (Å²) in [5.41, 5.74) is -0.336. The largest absolute Gasteiger partial charge is 0.477 e. The average Bonchev–Trinajstić information content (AvgIpc) is 2.10. The summed E-state index contributed by atoms with van der Waals surface area (Å²) in [4.78, 5) is 10.1. The van der Waals surface area contributed by atoms with E-state index in [1.165, 1.54) is 6.07 Å². The van der Waals surface area contributed by atoms with Crippen LogP contribution in [0.1, 0.15) is 5.56 Å². The van der Waals surface area contributed by atoms with Gasteiger partial charge in [0.15, 0.2) is 0 Å². The first-order valence-electron chi connectivity index (χ1n) is 3.88. The summed E-state index contributed by atoms with van der Waals surface area (Å²) in [6, 6.07) is 3.47. The molecule has 0 heterocycles. The molecule has 15 heavy (non-hydrogen) atoms. The normalized spacial score (nSPS) is 11.5. The van der Waals surface area contributed by atoms with Crippen LogP contribution in [0.5, 0.6) is 0 Å². The number of halogens is 4. The van der Waals surface area contributed by atoms with Crippen molar-refractivity contribution < 1.29 is 23.1 Å². The molecule has 0 fully saturated rings. The highest BCUT2D eigenvalue weighted by molar-refractivity contribution is 9.10. The van der Waals surface area contributed by atoms with Gasteiger partial charge >= 0.3 is 11.9 Å². The minimum atomic E-state index is -3.96. The Labute approximate surface area is 91.8 Å². The number of carboxylic acid groups (broad SMARTS) is 1. The Balaban J connectivity index is 2.99. The van der Waals surface area contributed by atoms with Crippen molar-refractivity contribution in [2.45, 2.75) is 12.3 Å². The Hall–Kier alpha value is -1.04. The first-order chi connectivity index (χ1) is 6.83. The Morgan fingerprint density at radius 2 is 2.07 bits per heavy atom. The molecule has 0 atom stereocenters. The molecule has 0 aliphatic heterocycles. The Bertz CT molecular complexity index is 393. The number of rotatable bonds is 3. The molecule has 0 aliphatic rings. The van der Waals surface area contributed by atoms with Crippen LogP contribution in [0.2, 0.25) is 0 Å². The molecular weight excluding hydrogens is 277 g/mol. The number of carboxylic acids is 1. The van der Waals surface area contributed by atoms with Crippen molar-refractivity contribution in [2.75, 3.05) is 0 Å². The Morgan fingerprint density at radius 3 is 2.60 bits per heavy atom. The second kappa shape index (κ2) is 4.22. The maximum atomic E-state index is 13.0. The van der Waals surface area contributed by atoms with E-state index in [1.807, 2.05) is 0 Å². The van der Waals surface area contributed by atoms with Crippen LogP contribution in [0.3, 0.4) is 0 Å². The van der Waals surface area contributed by atoms with Crippen LogP contribution in [0.4, 0.5) is 13.2 Å². The van der Waals surface area contributed by atoms with E-state index in [4.69, 9.17) is 5.11 Å². The fraction of sp³-hybridized carbons (Fsp3) is 0.222. The van der Waals surface area contributed by atoms with E-state index in [0.29, 0.717) is 4.47 Å². The minimum Gasteiger partial charge on any atom is -0.477 e. The van der Waals surface area contributed by atoms with Crippen molar-refractivity contribution in [3.8, 4) is 0 Å². The molecule has 1 N–H and O–H groups in total. The van der Waals surface area contributed by atoms with Crippen LogP contribution in [-0.4, -0.2) is 17.0 Å². The molecule has 0 bridgehead atoms. The average molecular weight is 283 g/mol. The van der Waals surface area contributed by atoms with Gasteiger partial charge in [0.1, 0.15) is 5.82 Å². The van der Waals surface area contributed by atoms with Crippen LogP contribution in [-0.2, 0) is 11.2 Å². The molecule has 0 unspecified atom stereocenters. The molecule has 6 heteroatoms. The van der Waals surface area contributed by atoms with Crippen molar-refractivity contribution in [3.63, 3.8) is 0 Å². The van der Waals surface area contributed by atoms with Crippen LogP contribution < -0.4 is 0 Å². The predicted molar refractivity (Wildman–Crippen MR) is 50.4 cm³/mol. The van der Waals surface area contributed by atoms with Crippen molar-refractivity contribution in [1.82, 2.24) is 0 Å². The van der Waals surface area contributed by atoms with Gasteiger partial charge in [0.2, 0.25) is 0 Å². The van der Waals surface area contributed by atoms with E-state index in [0.717, 1.165) is 12.1 Å². The maximum absolute atomic E-state index is 13.0. The van der Waals surface area contributed by atoms with Gasteiger partial charge in [-0.1, -0.05) is 15.9 Å². The number of benzene rings is 1. The van der Waals surface area contributed by atoms with Gasteiger partial charge in [-0.2, -0.15) is 8.78 Å². The van der Waals surface area contributed by atoms with Crippen LogP contribution in [0.15, 0.2) is 22.7 Å². The van der Waals surface area contributed by atoms with Crippen LogP contribution >= 0.6 is 15.9 Å². The molecule has 0 aliphatic carbocycles. The molecule has 0 saturated heterocycles. The van der Waals surface area contributed by atoms with E-state index >= 15 is 0 Å². The lowest BCUT2D eigenvalue weighted by atomic mass is 10.1. The zero-order valence-corrected chi connectivity index (χ0v) is 8.89.